The zero-order valence-corrected chi connectivity index (χ0v) is 33.4. The molecule has 0 N–H and O–H groups in total. The predicted molar refractivity (Wildman–Crippen MR) is 253 cm³/mol. The molecule has 5 nitrogen and oxygen atoms in total. The van der Waals surface area contributed by atoms with Gasteiger partial charge in [0.2, 0.25) is 0 Å². The molecule has 0 saturated carbocycles. The van der Waals surface area contributed by atoms with Crippen molar-refractivity contribution in [3.8, 4) is 28.5 Å². The van der Waals surface area contributed by atoms with Gasteiger partial charge in [-0.1, -0.05) is 140 Å². The summed E-state index contributed by atoms with van der Waals surface area (Å²) >= 11 is 0. The fourth-order valence-corrected chi connectivity index (χ4v) is 10.2. The molecule has 2 aliphatic rings. The SMILES string of the molecule is C/C=C1\C=C/C2CC=c3c(-n4c5ccccc5c5cc6ccccc6cc54)cccc3=C2c2nc(-c3ccc4ccccc4c3)nc(n2)-c2cccc3c4ccccc4n1c23. The van der Waals surface area contributed by atoms with Crippen molar-refractivity contribution in [1.29, 1.82) is 0 Å². The van der Waals surface area contributed by atoms with Gasteiger partial charge in [-0.3, -0.25) is 0 Å². The Morgan fingerprint density at radius 2 is 1.18 bits per heavy atom. The number of hydrogen-bond donors (Lipinski definition) is 0. The first-order valence-corrected chi connectivity index (χ1v) is 21.1. The van der Waals surface area contributed by atoms with Gasteiger partial charge in [-0.05, 0) is 88.6 Å². The number of allylic oxidation sites excluding steroid dienone is 4. The molecule has 2 bridgehead atoms. The minimum atomic E-state index is -0.00183. The first kappa shape index (κ1) is 34.0. The number of nitrogens with zero attached hydrogens (tertiary/aromatic N) is 5. The molecule has 13 rings (SSSR count). The molecule has 0 fully saturated rings. The molecule has 1 atom stereocenters. The van der Waals surface area contributed by atoms with Crippen molar-refractivity contribution >= 4 is 82.5 Å². The summed E-state index contributed by atoms with van der Waals surface area (Å²) in [7, 11) is 0. The van der Waals surface area contributed by atoms with Crippen LogP contribution in [0, 0.1) is 5.92 Å². The van der Waals surface area contributed by atoms with Crippen LogP contribution < -0.4 is 10.4 Å². The van der Waals surface area contributed by atoms with Crippen molar-refractivity contribution in [3.05, 3.63) is 198 Å². The molecule has 286 valence electrons. The highest BCUT2D eigenvalue weighted by molar-refractivity contribution is 6.15. The normalized spacial score (nSPS) is 16.0. The van der Waals surface area contributed by atoms with Gasteiger partial charge in [0.1, 0.15) is 0 Å². The number of para-hydroxylation sites is 3. The van der Waals surface area contributed by atoms with E-state index in [4.69, 9.17) is 15.0 Å². The van der Waals surface area contributed by atoms with E-state index in [1.165, 1.54) is 54.0 Å². The Morgan fingerprint density at radius 1 is 0.525 bits per heavy atom. The molecule has 61 heavy (non-hydrogen) atoms. The van der Waals surface area contributed by atoms with Gasteiger partial charge in [0.15, 0.2) is 17.5 Å². The van der Waals surface area contributed by atoms with E-state index in [2.05, 4.69) is 204 Å². The van der Waals surface area contributed by atoms with E-state index in [0.717, 1.165) is 56.1 Å². The third-order valence-corrected chi connectivity index (χ3v) is 13.0. The summed E-state index contributed by atoms with van der Waals surface area (Å²) in [5.41, 5.74) is 9.91. The van der Waals surface area contributed by atoms with Gasteiger partial charge in [-0.15, -0.1) is 0 Å². The van der Waals surface area contributed by atoms with E-state index in [0.29, 0.717) is 17.5 Å². The molecule has 11 aromatic rings. The number of benzene rings is 8. The molecule has 4 heterocycles. The maximum absolute atomic E-state index is 5.53. The number of rotatable bonds is 2. The Balaban J connectivity index is 1.15. The lowest BCUT2D eigenvalue weighted by molar-refractivity contribution is 0.839. The highest BCUT2D eigenvalue weighted by Gasteiger charge is 2.27. The molecule has 0 radical (unpaired) electrons. The molecule has 5 heteroatoms. The van der Waals surface area contributed by atoms with Gasteiger partial charge in [0, 0.05) is 55.1 Å². The molecule has 0 saturated heterocycles. The van der Waals surface area contributed by atoms with Crippen LogP contribution in [-0.2, 0) is 0 Å². The third kappa shape index (κ3) is 5.04. The highest BCUT2D eigenvalue weighted by Crippen LogP contribution is 2.40. The van der Waals surface area contributed by atoms with Crippen molar-refractivity contribution in [2.75, 3.05) is 0 Å². The van der Waals surface area contributed by atoms with Crippen LogP contribution in [0.3, 0.4) is 0 Å². The quantitative estimate of drug-likeness (QED) is 0.176. The van der Waals surface area contributed by atoms with Gasteiger partial charge in [0.25, 0.3) is 0 Å². The van der Waals surface area contributed by atoms with Crippen molar-refractivity contribution < 1.29 is 0 Å². The highest BCUT2D eigenvalue weighted by atomic mass is 15.1. The lowest BCUT2D eigenvalue weighted by atomic mass is 9.87. The van der Waals surface area contributed by atoms with Crippen LogP contribution in [-0.4, -0.2) is 24.1 Å². The zero-order valence-electron chi connectivity index (χ0n) is 33.4. The number of fused-ring (bicyclic) bond motifs is 14. The number of hydrogen-bond acceptors (Lipinski definition) is 3. The molecular formula is C56H37N5. The lowest BCUT2D eigenvalue weighted by Gasteiger charge is -2.21. The fourth-order valence-electron chi connectivity index (χ4n) is 10.2. The summed E-state index contributed by atoms with van der Waals surface area (Å²) < 4.78 is 4.86. The fraction of sp³-hybridized carbons (Fsp3) is 0.0536. The van der Waals surface area contributed by atoms with Gasteiger partial charge >= 0.3 is 0 Å². The monoisotopic (exact) mass is 779 g/mol. The first-order valence-electron chi connectivity index (χ1n) is 21.1. The van der Waals surface area contributed by atoms with Crippen LogP contribution in [0.2, 0.25) is 0 Å². The van der Waals surface area contributed by atoms with E-state index < -0.39 is 0 Å². The lowest BCUT2D eigenvalue weighted by Crippen LogP contribution is -2.36. The van der Waals surface area contributed by atoms with Gasteiger partial charge < -0.3 is 9.13 Å². The van der Waals surface area contributed by atoms with Crippen molar-refractivity contribution in [1.82, 2.24) is 24.1 Å². The zero-order chi connectivity index (χ0) is 40.2. The Kier molecular flexibility index (Phi) is 7.28. The van der Waals surface area contributed by atoms with Crippen LogP contribution in [0.5, 0.6) is 0 Å². The molecule has 0 spiro atoms. The van der Waals surface area contributed by atoms with Crippen molar-refractivity contribution in [2.24, 2.45) is 5.92 Å². The van der Waals surface area contributed by atoms with Crippen LogP contribution in [0.25, 0.3) is 111 Å². The van der Waals surface area contributed by atoms with Crippen molar-refractivity contribution in [3.63, 3.8) is 0 Å². The Hall–Kier alpha value is -7.89. The van der Waals surface area contributed by atoms with E-state index in [1.807, 2.05) is 0 Å². The van der Waals surface area contributed by atoms with E-state index in [1.54, 1.807) is 0 Å². The van der Waals surface area contributed by atoms with Crippen LogP contribution in [0.4, 0.5) is 0 Å². The minimum absolute atomic E-state index is 0.00183. The summed E-state index contributed by atoms with van der Waals surface area (Å²) in [6.45, 7) is 2.13. The van der Waals surface area contributed by atoms with Crippen LogP contribution in [0.1, 0.15) is 19.2 Å². The summed E-state index contributed by atoms with van der Waals surface area (Å²) in [6, 6.07) is 59.1. The molecule has 3 aromatic heterocycles. The van der Waals surface area contributed by atoms with Gasteiger partial charge in [-0.25, -0.2) is 15.0 Å². The van der Waals surface area contributed by atoms with E-state index in [9.17, 15) is 0 Å². The Morgan fingerprint density at radius 3 is 2.00 bits per heavy atom. The second-order valence-electron chi connectivity index (χ2n) is 16.3. The predicted octanol–water partition coefficient (Wildman–Crippen LogP) is 12.1. The second kappa shape index (κ2) is 13.1. The molecule has 1 unspecified atom stereocenters. The average molecular weight is 780 g/mol. The smallest absolute Gasteiger partial charge is 0.166 e. The van der Waals surface area contributed by atoms with Crippen molar-refractivity contribution in [2.45, 2.75) is 13.3 Å². The molecular weight excluding hydrogens is 743 g/mol. The molecule has 1 aliphatic heterocycles. The summed E-state index contributed by atoms with van der Waals surface area (Å²) in [4.78, 5) is 16.4. The summed E-state index contributed by atoms with van der Waals surface area (Å²) in [5, 5.41) is 12.0. The van der Waals surface area contributed by atoms with Crippen LogP contribution >= 0.6 is 0 Å². The minimum Gasteiger partial charge on any atom is -0.309 e. The van der Waals surface area contributed by atoms with E-state index in [-0.39, 0.29) is 5.92 Å². The summed E-state index contributed by atoms with van der Waals surface area (Å²) in [5.74, 6) is 2.02. The van der Waals surface area contributed by atoms with Gasteiger partial charge in [-0.2, -0.15) is 0 Å². The largest absolute Gasteiger partial charge is 0.309 e. The molecule has 8 aromatic carbocycles. The average Bonchev–Trinajstić information content (AvgIpc) is 3.82. The maximum Gasteiger partial charge on any atom is 0.166 e. The Labute approximate surface area is 351 Å². The Bertz CT molecular complexity index is 3880. The topological polar surface area (TPSA) is 48.5 Å². The standard InChI is InChI=1S/C56H37N5/c1-2-40-29-27-35-28-30-43-44(19-12-24-50(43)61-49-23-10-8-18-42(49)47-32-37-15-5-6-16-38(37)33-51(47)61)52(35)56-58-54(39-26-25-34-13-3-4-14-36(34)31-39)57-55(59-56)46-21-11-20-45-41-17-7-9-22-48(41)60(40)53(45)46/h2-27,29-33,35H,28H2,1H3/b29-27-,40-2+. The molecule has 0 amide bonds. The second-order valence-corrected chi connectivity index (χ2v) is 16.3. The van der Waals surface area contributed by atoms with E-state index >= 15 is 0 Å². The van der Waals surface area contributed by atoms with Gasteiger partial charge in [0.05, 0.1) is 27.8 Å². The molecule has 1 aliphatic carbocycles. The first-order chi connectivity index (χ1) is 30.2. The van der Waals surface area contributed by atoms with Crippen LogP contribution in [0.15, 0.2) is 182 Å². The third-order valence-electron chi connectivity index (χ3n) is 13.0. The maximum atomic E-state index is 5.53. The summed E-state index contributed by atoms with van der Waals surface area (Å²) in [6.07, 6.45) is 10.1. The number of aromatic nitrogens is 5.